The van der Waals surface area contributed by atoms with Gasteiger partial charge in [-0.1, -0.05) is 49.3 Å². The number of rotatable bonds is 3. The zero-order valence-corrected chi connectivity index (χ0v) is 17.8. The maximum atomic E-state index is 12.5. The van der Waals surface area contributed by atoms with Crippen molar-refractivity contribution in [1.29, 1.82) is 5.26 Å². The number of aryl methyl sites for hydroxylation is 3. The Morgan fingerprint density at radius 1 is 1.10 bits per heavy atom. The molecule has 4 aromatic rings. The Morgan fingerprint density at radius 3 is 2.37 bits per heavy atom. The van der Waals surface area contributed by atoms with Crippen molar-refractivity contribution in [2.75, 3.05) is 5.32 Å². The molecule has 2 heterocycles. The molecular formula is C24H24N4O2. The molecule has 6 heteroatoms. The molecule has 2 aromatic heterocycles. The van der Waals surface area contributed by atoms with E-state index in [-0.39, 0.29) is 5.91 Å². The van der Waals surface area contributed by atoms with Gasteiger partial charge in [0.2, 0.25) is 0 Å². The Balaban J connectivity index is 0.00000124. The van der Waals surface area contributed by atoms with Crippen LogP contribution in [0, 0.1) is 25.2 Å². The van der Waals surface area contributed by atoms with Crippen molar-refractivity contribution in [3.8, 4) is 17.3 Å². The van der Waals surface area contributed by atoms with Gasteiger partial charge in [-0.3, -0.25) is 4.79 Å². The molecule has 0 atom stereocenters. The molecule has 2 aromatic carbocycles. The van der Waals surface area contributed by atoms with Crippen LogP contribution in [0.1, 0.15) is 41.2 Å². The third kappa shape index (κ3) is 3.58. The van der Waals surface area contributed by atoms with Crippen LogP contribution in [-0.2, 0) is 7.05 Å². The highest BCUT2D eigenvalue weighted by atomic mass is 16.5. The van der Waals surface area contributed by atoms with Gasteiger partial charge in [-0.05, 0) is 37.6 Å². The van der Waals surface area contributed by atoms with E-state index in [9.17, 15) is 10.1 Å². The molecule has 30 heavy (non-hydrogen) atoms. The number of aromatic nitrogens is 2. The van der Waals surface area contributed by atoms with Crippen molar-refractivity contribution in [3.63, 3.8) is 0 Å². The summed E-state index contributed by atoms with van der Waals surface area (Å²) in [6, 6.07) is 17.6. The lowest BCUT2D eigenvalue weighted by atomic mass is 10.1. The SMILES string of the molecule is CC.Cc1noc(C)c1C(=O)Nc1ccc(-c2c(C#N)c3ccccc3n2C)cc1. The lowest BCUT2D eigenvalue weighted by Crippen LogP contribution is -2.13. The highest BCUT2D eigenvalue weighted by Crippen LogP contribution is 2.33. The lowest BCUT2D eigenvalue weighted by molar-refractivity contribution is 0.102. The van der Waals surface area contributed by atoms with Crippen molar-refractivity contribution in [2.45, 2.75) is 27.7 Å². The Kier molecular flexibility index (Phi) is 6.03. The standard InChI is InChI=1S/C22H18N4O2.C2H6/c1-13-20(14(2)28-25-13)22(27)24-16-10-8-15(9-11-16)21-18(12-23)17-6-4-5-7-19(17)26(21)3;1-2/h4-11H,1-3H3,(H,24,27);1-2H3. The summed E-state index contributed by atoms with van der Waals surface area (Å²) in [5.41, 5.74) is 5.07. The second kappa shape index (κ2) is 8.66. The number of carbonyl (C=O) groups is 1. The number of nitrogens with zero attached hydrogens (tertiary/aromatic N) is 3. The van der Waals surface area contributed by atoms with Crippen LogP contribution in [0.15, 0.2) is 53.1 Å². The smallest absolute Gasteiger partial charge is 0.261 e. The van der Waals surface area contributed by atoms with E-state index in [1.807, 2.05) is 74.0 Å². The maximum absolute atomic E-state index is 12.5. The van der Waals surface area contributed by atoms with Crippen molar-refractivity contribution in [3.05, 3.63) is 71.1 Å². The van der Waals surface area contributed by atoms with Crippen molar-refractivity contribution in [2.24, 2.45) is 7.05 Å². The quantitative estimate of drug-likeness (QED) is 0.485. The summed E-state index contributed by atoms with van der Waals surface area (Å²) < 4.78 is 7.07. The Labute approximate surface area is 175 Å². The van der Waals surface area contributed by atoms with Crippen LogP contribution in [0.3, 0.4) is 0 Å². The van der Waals surface area contributed by atoms with Gasteiger partial charge < -0.3 is 14.4 Å². The Hall–Kier alpha value is -3.85. The minimum Gasteiger partial charge on any atom is -0.361 e. The lowest BCUT2D eigenvalue weighted by Gasteiger charge is -2.08. The van der Waals surface area contributed by atoms with E-state index in [1.165, 1.54) is 0 Å². The number of fused-ring (bicyclic) bond motifs is 1. The number of para-hydroxylation sites is 1. The number of carbonyl (C=O) groups excluding carboxylic acids is 1. The monoisotopic (exact) mass is 400 g/mol. The van der Waals surface area contributed by atoms with Gasteiger partial charge in [0.15, 0.2) is 0 Å². The fourth-order valence-electron chi connectivity index (χ4n) is 3.56. The number of anilines is 1. The highest BCUT2D eigenvalue weighted by molar-refractivity contribution is 6.05. The molecule has 0 bridgehead atoms. The van der Waals surface area contributed by atoms with Gasteiger partial charge in [0, 0.05) is 23.6 Å². The predicted octanol–water partition coefficient (Wildman–Crippen LogP) is 5.60. The first-order chi connectivity index (χ1) is 14.5. The second-order valence-corrected chi connectivity index (χ2v) is 6.64. The highest BCUT2D eigenvalue weighted by Gasteiger charge is 2.19. The summed E-state index contributed by atoms with van der Waals surface area (Å²) >= 11 is 0. The van der Waals surface area contributed by atoms with Crippen LogP contribution < -0.4 is 5.32 Å². The molecule has 0 spiro atoms. The fraction of sp³-hybridized carbons (Fsp3) is 0.208. The summed E-state index contributed by atoms with van der Waals surface area (Å²) in [5.74, 6) is 0.229. The molecule has 0 saturated carbocycles. The number of amides is 1. The van der Waals surface area contributed by atoms with Gasteiger partial charge in [-0.25, -0.2) is 0 Å². The van der Waals surface area contributed by atoms with Crippen LogP contribution in [-0.4, -0.2) is 15.6 Å². The predicted molar refractivity (Wildman–Crippen MR) is 118 cm³/mol. The summed E-state index contributed by atoms with van der Waals surface area (Å²) in [4.78, 5) is 12.5. The summed E-state index contributed by atoms with van der Waals surface area (Å²) in [6.45, 7) is 7.44. The largest absolute Gasteiger partial charge is 0.361 e. The Bertz CT molecular complexity index is 1220. The molecule has 4 rings (SSSR count). The molecule has 0 unspecified atom stereocenters. The van der Waals surface area contributed by atoms with E-state index in [4.69, 9.17) is 4.52 Å². The van der Waals surface area contributed by atoms with E-state index < -0.39 is 0 Å². The first kappa shape index (κ1) is 20.9. The fourth-order valence-corrected chi connectivity index (χ4v) is 3.56. The number of hydrogen-bond acceptors (Lipinski definition) is 4. The first-order valence-corrected chi connectivity index (χ1v) is 9.83. The summed E-state index contributed by atoms with van der Waals surface area (Å²) in [6.07, 6.45) is 0. The third-order valence-corrected chi connectivity index (χ3v) is 4.90. The first-order valence-electron chi connectivity index (χ1n) is 9.83. The molecule has 1 N–H and O–H groups in total. The van der Waals surface area contributed by atoms with Crippen LogP contribution >= 0.6 is 0 Å². The van der Waals surface area contributed by atoms with E-state index in [0.29, 0.717) is 28.3 Å². The van der Waals surface area contributed by atoms with E-state index >= 15 is 0 Å². The molecule has 0 radical (unpaired) electrons. The minimum absolute atomic E-state index is 0.258. The van der Waals surface area contributed by atoms with Gasteiger partial charge in [0.1, 0.15) is 17.4 Å². The number of benzene rings is 2. The number of nitriles is 1. The third-order valence-electron chi connectivity index (χ3n) is 4.90. The average Bonchev–Trinajstić information content (AvgIpc) is 3.26. The zero-order valence-electron chi connectivity index (χ0n) is 17.8. The molecule has 0 aliphatic rings. The molecule has 1 amide bonds. The van der Waals surface area contributed by atoms with Gasteiger partial charge >= 0.3 is 0 Å². The molecule has 152 valence electrons. The van der Waals surface area contributed by atoms with Crippen LogP contribution in [0.25, 0.3) is 22.2 Å². The molecule has 0 fully saturated rings. The van der Waals surface area contributed by atoms with Crippen LogP contribution in [0.4, 0.5) is 5.69 Å². The number of nitrogens with one attached hydrogen (secondary N) is 1. The minimum atomic E-state index is -0.258. The van der Waals surface area contributed by atoms with Gasteiger partial charge in [0.25, 0.3) is 5.91 Å². The average molecular weight is 400 g/mol. The summed E-state index contributed by atoms with van der Waals surface area (Å²) in [7, 11) is 1.95. The van der Waals surface area contributed by atoms with Crippen molar-refractivity contribution in [1.82, 2.24) is 9.72 Å². The van der Waals surface area contributed by atoms with Crippen molar-refractivity contribution >= 4 is 22.5 Å². The normalized spacial score (nSPS) is 10.3. The van der Waals surface area contributed by atoms with Crippen LogP contribution in [0.5, 0.6) is 0 Å². The summed E-state index contributed by atoms with van der Waals surface area (Å²) in [5, 5.41) is 17.3. The topological polar surface area (TPSA) is 83.8 Å². The van der Waals surface area contributed by atoms with Gasteiger partial charge in [0.05, 0.1) is 17.0 Å². The van der Waals surface area contributed by atoms with Gasteiger partial charge in [-0.2, -0.15) is 5.26 Å². The number of hydrogen-bond donors (Lipinski definition) is 1. The van der Waals surface area contributed by atoms with Gasteiger partial charge in [-0.15, -0.1) is 0 Å². The maximum Gasteiger partial charge on any atom is 0.261 e. The molecule has 6 nitrogen and oxygen atoms in total. The zero-order chi connectivity index (χ0) is 21.8. The Morgan fingerprint density at radius 2 is 1.77 bits per heavy atom. The van der Waals surface area contributed by atoms with E-state index in [0.717, 1.165) is 22.2 Å². The van der Waals surface area contributed by atoms with E-state index in [1.54, 1.807) is 13.8 Å². The van der Waals surface area contributed by atoms with Crippen LogP contribution in [0.2, 0.25) is 0 Å². The molecule has 0 aliphatic carbocycles. The molecule has 0 aliphatic heterocycles. The van der Waals surface area contributed by atoms with E-state index in [2.05, 4.69) is 16.5 Å². The molecule has 0 saturated heterocycles. The van der Waals surface area contributed by atoms with Crippen molar-refractivity contribution < 1.29 is 9.32 Å². The second-order valence-electron chi connectivity index (χ2n) is 6.64. The molecular weight excluding hydrogens is 376 g/mol.